The molecule has 0 heterocycles. The van der Waals surface area contributed by atoms with E-state index in [0.29, 0.717) is 6.07 Å². The van der Waals surface area contributed by atoms with E-state index in [0.717, 1.165) is 12.1 Å². The molecule has 0 aliphatic rings. The quantitative estimate of drug-likeness (QED) is 0.692. The summed E-state index contributed by atoms with van der Waals surface area (Å²) in [6, 6.07) is 2.56. The van der Waals surface area contributed by atoms with Crippen molar-refractivity contribution in [1.82, 2.24) is 0 Å². The molecule has 0 saturated carbocycles. The largest absolute Gasteiger partial charge is 0.416 e. The summed E-state index contributed by atoms with van der Waals surface area (Å²) in [6.45, 7) is 0. The molecule has 1 aromatic rings. The molecule has 13 heavy (non-hydrogen) atoms. The number of benzene rings is 1. The molecule has 0 N–H and O–H groups in total. The van der Waals surface area contributed by atoms with Crippen LogP contribution in [-0.2, 0) is 11.0 Å². The Hall–Kier alpha value is -1.03. The Morgan fingerprint density at radius 2 is 1.85 bits per heavy atom. The highest BCUT2D eigenvalue weighted by molar-refractivity contribution is 6.30. The summed E-state index contributed by atoms with van der Waals surface area (Å²) in [7, 11) is 0. The van der Waals surface area contributed by atoms with E-state index in [4.69, 9.17) is 11.6 Å². The van der Waals surface area contributed by atoms with Crippen LogP contribution in [0.2, 0.25) is 5.02 Å². The molecular weight excluding hydrogens is 205 g/mol. The third-order valence-electron chi connectivity index (χ3n) is 1.34. The first kappa shape index (κ1) is 10.1. The molecule has 69 valence electrons. The second-order valence-corrected chi connectivity index (χ2v) is 2.76. The minimum Gasteiger partial charge on any atom is -0.285 e. The molecule has 0 aliphatic carbocycles. The SMILES string of the molecule is O=[C]c1cc(Cl)cc(C(F)(F)F)c1. The predicted molar refractivity (Wildman–Crippen MR) is 41.2 cm³/mol. The molecule has 0 bridgehead atoms. The van der Waals surface area contributed by atoms with Gasteiger partial charge in [0, 0.05) is 10.6 Å². The molecule has 0 unspecified atom stereocenters. The minimum absolute atomic E-state index is 0.131. The van der Waals surface area contributed by atoms with Gasteiger partial charge in [0.05, 0.1) is 5.56 Å². The average Bonchev–Trinajstić information content (AvgIpc) is 2.01. The minimum atomic E-state index is -4.49. The molecular formula is C8H3ClF3O. The van der Waals surface area contributed by atoms with E-state index in [1.807, 2.05) is 0 Å². The zero-order valence-electron chi connectivity index (χ0n) is 6.15. The van der Waals surface area contributed by atoms with Crippen LogP contribution in [0.5, 0.6) is 0 Å². The lowest BCUT2D eigenvalue weighted by Crippen LogP contribution is -2.05. The molecule has 0 aliphatic heterocycles. The summed E-state index contributed by atoms with van der Waals surface area (Å²) in [5, 5.41) is -0.131. The highest BCUT2D eigenvalue weighted by Gasteiger charge is 2.31. The zero-order chi connectivity index (χ0) is 10.1. The highest BCUT2D eigenvalue weighted by atomic mass is 35.5. The topological polar surface area (TPSA) is 17.1 Å². The lowest BCUT2D eigenvalue weighted by atomic mass is 10.1. The number of hydrogen-bond donors (Lipinski definition) is 0. The zero-order valence-corrected chi connectivity index (χ0v) is 6.91. The van der Waals surface area contributed by atoms with Crippen LogP contribution in [0.3, 0.4) is 0 Å². The van der Waals surface area contributed by atoms with Crippen molar-refractivity contribution >= 4 is 17.9 Å². The van der Waals surface area contributed by atoms with Crippen molar-refractivity contribution in [2.45, 2.75) is 6.18 Å². The monoisotopic (exact) mass is 207 g/mol. The van der Waals surface area contributed by atoms with Crippen molar-refractivity contribution in [3.8, 4) is 0 Å². The van der Waals surface area contributed by atoms with E-state index in [9.17, 15) is 18.0 Å². The van der Waals surface area contributed by atoms with Crippen molar-refractivity contribution in [2.24, 2.45) is 0 Å². The van der Waals surface area contributed by atoms with E-state index >= 15 is 0 Å². The third kappa shape index (κ3) is 2.45. The van der Waals surface area contributed by atoms with Crippen molar-refractivity contribution in [2.75, 3.05) is 0 Å². The van der Waals surface area contributed by atoms with Crippen molar-refractivity contribution < 1.29 is 18.0 Å². The maximum Gasteiger partial charge on any atom is 0.416 e. The highest BCUT2D eigenvalue weighted by Crippen LogP contribution is 2.31. The van der Waals surface area contributed by atoms with Gasteiger partial charge < -0.3 is 0 Å². The van der Waals surface area contributed by atoms with E-state index in [1.54, 1.807) is 0 Å². The van der Waals surface area contributed by atoms with Crippen LogP contribution < -0.4 is 0 Å². The number of rotatable bonds is 1. The lowest BCUT2D eigenvalue weighted by molar-refractivity contribution is -0.137. The van der Waals surface area contributed by atoms with Crippen LogP contribution in [0.25, 0.3) is 0 Å². The predicted octanol–water partition coefficient (Wildman–Crippen LogP) is 2.82. The van der Waals surface area contributed by atoms with Gasteiger partial charge in [-0.2, -0.15) is 13.2 Å². The summed E-state index contributed by atoms with van der Waals surface area (Å²) >= 11 is 5.36. The van der Waals surface area contributed by atoms with Gasteiger partial charge in [0.1, 0.15) is 0 Å². The van der Waals surface area contributed by atoms with Crippen molar-refractivity contribution in [1.29, 1.82) is 0 Å². The van der Waals surface area contributed by atoms with Gasteiger partial charge in [-0.1, -0.05) is 11.6 Å². The maximum atomic E-state index is 12.1. The van der Waals surface area contributed by atoms with Crippen LogP contribution in [0.1, 0.15) is 11.1 Å². The van der Waals surface area contributed by atoms with E-state index in [1.165, 1.54) is 6.29 Å². The van der Waals surface area contributed by atoms with Gasteiger partial charge in [-0.3, -0.25) is 4.79 Å². The normalized spacial score (nSPS) is 11.4. The fourth-order valence-corrected chi connectivity index (χ4v) is 1.05. The summed E-state index contributed by atoms with van der Waals surface area (Å²) in [4.78, 5) is 10.1. The molecule has 0 fully saturated rings. The number of carbonyl (C=O) groups excluding carboxylic acids is 1. The van der Waals surface area contributed by atoms with Crippen LogP contribution in [0, 0.1) is 0 Å². The molecule has 1 aromatic carbocycles. The van der Waals surface area contributed by atoms with Crippen molar-refractivity contribution in [3.63, 3.8) is 0 Å². The van der Waals surface area contributed by atoms with E-state index < -0.39 is 11.7 Å². The molecule has 1 radical (unpaired) electrons. The summed E-state index contributed by atoms with van der Waals surface area (Å²) in [5.74, 6) is 0. The summed E-state index contributed by atoms with van der Waals surface area (Å²) in [6.07, 6.45) is -3.14. The van der Waals surface area contributed by atoms with Gasteiger partial charge in [0.15, 0.2) is 0 Å². The van der Waals surface area contributed by atoms with Crippen molar-refractivity contribution in [3.05, 3.63) is 34.3 Å². The first-order chi connectivity index (χ1) is 5.93. The van der Waals surface area contributed by atoms with Gasteiger partial charge in [0.2, 0.25) is 6.29 Å². The smallest absolute Gasteiger partial charge is 0.285 e. The Morgan fingerprint density at radius 1 is 1.23 bits per heavy atom. The van der Waals surface area contributed by atoms with Gasteiger partial charge in [-0.05, 0) is 18.2 Å². The Balaban J connectivity index is 3.24. The fourth-order valence-electron chi connectivity index (χ4n) is 0.812. The molecule has 0 atom stereocenters. The Labute approximate surface area is 77.1 Å². The van der Waals surface area contributed by atoms with E-state index in [-0.39, 0.29) is 10.6 Å². The van der Waals surface area contributed by atoms with Crippen LogP contribution in [0.15, 0.2) is 18.2 Å². The van der Waals surface area contributed by atoms with Gasteiger partial charge in [-0.15, -0.1) is 0 Å². The summed E-state index contributed by atoms with van der Waals surface area (Å²) < 4.78 is 36.3. The average molecular weight is 208 g/mol. The molecule has 0 saturated heterocycles. The fraction of sp³-hybridized carbons (Fsp3) is 0.125. The maximum absolute atomic E-state index is 12.1. The van der Waals surface area contributed by atoms with Gasteiger partial charge >= 0.3 is 6.18 Å². The van der Waals surface area contributed by atoms with Gasteiger partial charge in [-0.25, -0.2) is 0 Å². The second-order valence-electron chi connectivity index (χ2n) is 2.33. The first-order valence-corrected chi connectivity index (χ1v) is 3.57. The molecule has 1 rings (SSSR count). The van der Waals surface area contributed by atoms with Crippen LogP contribution >= 0.6 is 11.6 Å². The second kappa shape index (κ2) is 3.38. The van der Waals surface area contributed by atoms with E-state index in [2.05, 4.69) is 0 Å². The van der Waals surface area contributed by atoms with Crippen LogP contribution in [0.4, 0.5) is 13.2 Å². The summed E-state index contributed by atoms with van der Waals surface area (Å²) in [5.41, 5.74) is -1.15. The third-order valence-corrected chi connectivity index (χ3v) is 1.56. The molecule has 0 spiro atoms. The molecule has 1 nitrogen and oxygen atoms in total. The number of alkyl halides is 3. The first-order valence-electron chi connectivity index (χ1n) is 3.19. The molecule has 0 amide bonds. The number of hydrogen-bond acceptors (Lipinski definition) is 1. The molecule has 0 aromatic heterocycles. The van der Waals surface area contributed by atoms with Gasteiger partial charge in [0.25, 0.3) is 0 Å². The number of halogens is 4. The Morgan fingerprint density at radius 3 is 2.31 bits per heavy atom. The Kier molecular flexibility index (Phi) is 2.61. The molecule has 5 heteroatoms. The lowest BCUT2D eigenvalue weighted by Gasteiger charge is -2.06. The Bertz CT molecular complexity index is 333. The standard InChI is InChI=1S/C8H3ClF3O/c9-7-2-5(4-13)1-6(3-7)8(10,11)12/h1-3H. The van der Waals surface area contributed by atoms with Crippen LogP contribution in [-0.4, -0.2) is 6.29 Å².